The number of epoxide rings is 1. The van der Waals surface area contributed by atoms with Gasteiger partial charge in [0.05, 0.1) is 51.1 Å². The topological polar surface area (TPSA) is 168 Å². The van der Waals surface area contributed by atoms with Crippen LogP contribution in [0.3, 0.4) is 0 Å². The normalized spacial score (nSPS) is 18.1. The van der Waals surface area contributed by atoms with Gasteiger partial charge in [0.1, 0.15) is 18.5 Å². The summed E-state index contributed by atoms with van der Waals surface area (Å²) in [6.07, 6.45) is 0.000509. The van der Waals surface area contributed by atoms with Crippen molar-refractivity contribution in [2.45, 2.75) is 104 Å². The van der Waals surface area contributed by atoms with E-state index in [1.165, 1.54) is 5.56 Å². The molecule has 0 spiro atoms. The predicted molar refractivity (Wildman–Crippen MR) is 210 cm³/mol. The molecule has 1 amide bonds. The molecule has 55 heavy (non-hydrogen) atoms. The van der Waals surface area contributed by atoms with Gasteiger partial charge in [-0.25, -0.2) is 4.79 Å². The number of nitrogens with one attached hydrogen (secondary N) is 2. The van der Waals surface area contributed by atoms with E-state index in [0.29, 0.717) is 58.5 Å². The molecule has 0 aliphatic carbocycles. The summed E-state index contributed by atoms with van der Waals surface area (Å²) in [4.78, 5) is 54.5. The zero-order valence-corrected chi connectivity index (χ0v) is 34.6. The number of esters is 2. The molecule has 2 rings (SSSR count). The number of ether oxygens (including phenoxy) is 5. The van der Waals surface area contributed by atoms with Crippen molar-refractivity contribution in [2.75, 3.05) is 79.9 Å². The van der Waals surface area contributed by atoms with Crippen LogP contribution in [0.1, 0.15) is 84.5 Å². The molecular formula is C41H70N4O10. The fraction of sp³-hybridized carbons (Fsp3) is 0.756. The van der Waals surface area contributed by atoms with Crippen LogP contribution in [0, 0.1) is 17.8 Å². The zero-order valence-electron chi connectivity index (χ0n) is 34.6. The van der Waals surface area contributed by atoms with Gasteiger partial charge in [0.25, 0.3) is 0 Å². The fourth-order valence-electron chi connectivity index (χ4n) is 6.20. The fourth-order valence-corrected chi connectivity index (χ4v) is 6.20. The van der Waals surface area contributed by atoms with Crippen LogP contribution < -0.4 is 10.6 Å². The van der Waals surface area contributed by atoms with Crippen molar-refractivity contribution in [3.63, 3.8) is 0 Å². The van der Waals surface area contributed by atoms with Crippen LogP contribution in [-0.2, 0) is 49.4 Å². The number of nitrogens with zero attached hydrogens (tertiary/aromatic N) is 2. The van der Waals surface area contributed by atoms with Gasteiger partial charge in [-0.1, -0.05) is 58.9 Å². The molecule has 1 aromatic rings. The van der Waals surface area contributed by atoms with Crippen molar-refractivity contribution in [2.24, 2.45) is 17.8 Å². The summed E-state index contributed by atoms with van der Waals surface area (Å²) in [5, 5.41) is 14.4. The van der Waals surface area contributed by atoms with E-state index in [9.17, 15) is 19.2 Å². The van der Waals surface area contributed by atoms with Gasteiger partial charge in [0, 0.05) is 45.1 Å². The molecule has 7 atom stereocenters. The zero-order chi connectivity index (χ0) is 40.8. The third-order valence-electron chi connectivity index (χ3n) is 9.69. The first kappa shape index (κ1) is 48.2. The van der Waals surface area contributed by atoms with Crippen LogP contribution in [0.15, 0.2) is 24.3 Å². The van der Waals surface area contributed by atoms with Gasteiger partial charge >= 0.3 is 11.9 Å². The molecule has 0 bridgehead atoms. The molecule has 0 saturated carbocycles. The number of carbonyl (C=O) groups is 4. The Morgan fingerprint density at radius 2 is 1.64 bits per heavy atom. The highest BCUT2D eigenvalue weighted by molar-refractivity contribution is 5.80. The molecule has 1 fully saturated rings. The number of amides is 1. The largest absolute Gasteiger partial charge is 0.459 e. The van der Waals surface area contributed by atoms with Gasteiger partial charge in [0.2, 0.25) is 5.91 Å². The van der Waals surface area contributed by atoms with Crippen LogP contribution in [0.5, 0.6) is 0 Å². The Hall–Kier alpha value is -2.98. The van der Waals surface area contributed by atoms with Crippen LogP contribution in [-0.4, -0.2) is 143 Å². The summed E-state index contributed by atoms with van der Waals surface area (Å²) in [5.74, 6) is -1.88. The number of aliphatic hydroxyl groups excluding tert-OH is 1. The summed E-state index contributed by atoms with van der Waals surface area (Å²) in [6, 6.07) is 7.88. The molecular weight excluding hydrogens is 708 g/mol. The van der Waals surface area contributed by atoms with Gasteiger partial charge < -0.3 is 49.1 Å². The monoisotopic (exact) mass is 779 g/mol. The maximum absolute atomic E-state index is 13.6. The summed E-state index contributed by atoms with van der Waals surface area (Å²) in [6.45, 7) is 18.2. The minimum atomic E-state index is -1.05. The van der Waals surface area contributed by atoms with E-state index in [1.54, 1.807) is 20.9 Å². The predicted octanol–water partition coefficient (Wildman–Crippen LogP) is 3.14. The molecule has 0 radical (unpaired) electrons. The minimum Gasteiger partial charge on any atom is -0.459 e. The van der Waals surface area contributed by atoms with E-state index in [4.69, 9.17) is 28.8 Å². The molecule has 314 valence electrons. The lowest BCUT2D eigenvalue weighted by molar-refractivity contribution is -0.176. The number of aldehydes is 1. The quantitative estimate of drug-likeness (QED) is 0.0436. The van der Waals surface area contributed by atoms with Gasteiger partial charge in [-0.3, -0.25) is 14.5 Å². The van der Waals surface area contributed by atoms with Crippen LogP contribution >= 0.6 is 0 Å². The van der Waals surface area contributed by atoms with Crippen LogP contribution in [0.4, 0.5) is 0 Å². The third-order valence-corrected chi connectivity index (χ3v) is 9.69. The van der Waals surface area contributed by atoms with Crippen LogP contribution in [0.25, 0.3) is 0 Å². The Bertz CT molecular complexity index is 1250. The Kier molecular flexibility index (Phi) is 23.5. The maximum Gasteiger partial charge on any atom is 0.347 e. The Labute approximate surface area is 329 Å². The van der Waals surface area contributed by atoms with E-state index in [0.717, 1.165) is 38.3 Å². The Morgan fingerprint density at radius 1 is 0.945 bits per heavy atom. The van der Waals surface area contributed by atoms with Crippen molar-refractivity contribution in [1.82, 2.24) is 20.4 Å². The number of likely N-dealkylation sites (N-methyl/N-ethyl adjacent to an activating group) is 2. The first-order valence-electron chi connectivity index (χ1n) is 20.0. The van der Waals surface area contributed by atoms with E-state index in [1.807, 2.05) is 20.8 Å². The average Bonchev–Trinajstić information content (AvgIpc) is 3.96. The van der Waals surface area contributed by atoms with E-state index >= 15 is 0 Å². The number of aliphatic hydroxyl groups is 1. The maximum atomic E-state index is 13.6. The van der Waals surface area contributed by atoms with Crippen molar-refractivity contribution in [1.29, 1.82) is 0 Å². The first-order chi connectivity index (χ1) is 26.3. The highest BCUT2D eigenvalue weighted by atomic mass is 16.6. The number of hydrogen-bond donors (Lipinski definition) is 3. The van der Waals surface area contributed by atoms with Gasteiger partial charge in [0.15, 0.2) is 6.10 Å². The second kappa shape index (κ2) is 26.8. The van der Waals surface area contributed by atoms with Crippen molar-refractivity contribution in [3.05, 3.63) is 35.4 Å². The molecule has 0 aromatic heterocycles. The molecule has 1 aliphatic rings. The SMILES string of the molecule is CCN(CCN(C)CCOCCOCCO)Cc1ccc([C@H]2OC2[C@@H](C)[C@H](CCCC(=O)N[C@H](C)C=O)OC(=O)[C@H](CC(C)C)OC(=O)C(C)CNC)cc1. The average molecular weight is 779 g/mol. The number of rotatable bonds is 31. The van der Waals surface area contributed by atoms with E-state index in [-0.39, 0.29) is 43.0 Å². The van der Waals surface area contributed by atoms with Crippen LogP contribution in [0.2, 0.25) is 0 Å². The highest BCUT2D eigenvalue weighted by Crippen LogP contribution is 2.45. The van der Waals surface area contributed by atoms with Gasteiger partial charge in [-0.05, 0) is 63.9 Å². The van der Waals surface area contributed by atoms with Gasteiger partial charge in [-0.2, -0.15) is 0 Å². The molecule has 14 nitrogen and oxygen atoms in total. The standard InChI is InChI=1S/C41H70N4O10/c1-9-45(18-17-44(8)19-21-51-23-24-52-22-20-46)27-33-13-15-34(16-14-33)39-38(55-39)32(6)35(11-10-12-37(48)43-31(5)28-47)53-41(50)36(25-29(2)3)54-40(49)30(4)26-42-7/h13-16,28-32,35-36,38-39,42,46H,9-12,17-27H2,1-8H3,(H,43,48)/t30?,31-,32+,35+,36+,38?,39-/m1/s1. The third kappa shape index (κ3) is 19.1. The van der Waals surface area contributed by atoms with Crippen molar-refractivity contribution < 1.29 is 48.0 Å². The molecule has 3 N–H and O–H groups in total. The summed E-state index contributed by atoms with van der Waals surface area (Å²) in [5.41, 5.74) is 2.25. The summed E-state index contributed by atoms with van der Waals surface area (Å²) < 4.78 is 28.8. The summed E-state index contributed by atoms with van der Waals surface area (Å²) in [7, 11) is 3.84. The second-order valence-corrected chi connectivity index (χ2v) is 15.1. The molecule has 14 heteroatoms. The molecule has 1 saturated heterocycles. The van der Waals surface area contributed by atoms with E-state index < -0.39 is 36.1 Å². The Morgan fingerprint density at radius 3 is 2.25 bits per heavy atom. The highest BCUT2D eigenvalue weighted by Gasteiger charge is 2.48. The molecule has 2 unspecified atom stereocenters. The smallest absolute Gasteiger partial charge is 0.347 e. The number of benzene rings is 1. The molecule has 1 aliphatic heterocycles. The first-order valence-corrected chi connectivity index (χ1v) is 20.0. The lowest BCUT2D eigenvalue weighted by Crippen LogP contribution is -2.38. The Balaban J connectivity index is 2.02. The molecule has 1 aromatic carbocycles. The molecule has 1 heterocycles. The van der Waals surface area contributed by atoms with Crippen molar-refractivity contribution >= 4 is 24.1 Å². The second-order valence-electron chi connectivity index (χ2n) is 15.1. The summed E-state index contributed by atoms with van der Waals surface area (Å²) >= 11 is 0. The van der Waals surface area contributed by atoms with Gasteiger partial charge in [-0.15, -0.1) is 0 Å². The lowest BCUT2D eigenvalue weighted by Gasteiger charge is -2.27. The lowest BCUT2D eigenvalue weighted by atomic mass is 9.92. The van der Waals surface area contributed by atoms with E-state index in [2.05, 4.69) is 58.7 Å². The number of hydrogen-bond acceptors (Lipinski definition) is 13. The van der Waals surface area contributed by atoms with Crippen molar-refractivity contribution in [3.8, 4) is 0 Å². The number of carbonyl (C=O) groups excluding carboxylic acids is 4. The minimum absolute atomic E-state index is 0.0199.